The monoisotopic (exact) mass is 279 g/mol. The Morgan fingerprint density at radius 2 is 1.60 bits per heavy atom. The van der Waals surface area contributed by atoms with Crippen molar-refractivity contribution in [2.24, 2.45) is 5.73 Å². The maximum atomic E-state index is 6.06. The molecule has 0 aliphatic heterocycles. The van der Waals surface area contributed by atoms with E-state index in [4.69, 9.17) is 15.2 Å². The largest absolute Gasteiger partial charge is 0.496 e. The highest BCUT2D eigenvalue weighted by atomic mass is 16.5. The second-order valence-electron chi connectivity index (χ2n) is 5.31. The fourth-order valence-electron chi connectivity index (χ4n) is 2.37. The third kappa shape index (κ3) is 4.71. The molecule has 20 heavy (non-hydrogen) atoms. The molecule has 0 bridgehead atoms. The van der Waals surface area contributed by atoms with Gasteiger partial charge in [-0.25, -0.2) is 0 Å². The molecule has 0 aliphatic carbocycles. The Labute approximate surface area is 123 Å². The lowest BCUT2D eigenvalue weighted by Crippen LogP contribution is -2.21. The van der Waals surface area contributed by atoms with Gasteiger partial charge in [0.2, 0.25) is 0 Å². The SMILES string of the molecule is CCCCCc1cc(OC)c(CC(N)CC)cc1OC. The van der Waals surface area contributed by atoms with Crippen LogP contribution in [0.2, 0.25) is 0 Å². The average Bonchev–Trinajstić information content (AvgIpc) is 2.47. The van der Waals surface area contributed by atoms with Crippen LogP contribution in [-0.4, -0.2) is 20.3 Å². The summed E-state index contributed by atoms with van der Waals surface area (Å²) in [6.07, 6.45) is 6.48. The minimum absolute atomic E-state index is 0.166. The van der Waals surface area contributed by atoms with Crippen molar-refractivity contribution in [2.45, 2.75) is 58.4 Å². The first-order valence-electron chi connectivity index (χ1n) is 7.65. The van der Waals surface area contributed by atoms with Crippen LogP contribution < -0.4 is 15.2 Å². The van der Waals surface area contributed by atoms with E-state index in [0.29, 0.717) is 0 Å². The summed E-state index contributed by atoms with van der Waals surface area (Å²) in [5, 5.41) is 0. The molecular formula is C17H29NO2. The molecule has 114 valence electrons. The molecule has 0 fully saturated rings. The van der Waals surface area contributed by atoms with Crippen molar-refractivity contribution in [3.8, 4) is 11.5 Å². The van der Waals surface area contributed by atoms with Crippen molar-refractivity contribution in [2.75, 3.05) is 14.2 Å². The van der Waals surface area contributed by atoms with E-state index in [1.54, 1.807) is 14.2 Å². The smallest absolute Gasteiger partial charge is 0.122 e. The molecule has 1 aromatic rings. The first-order valence-corrected chi connectivity index (χ1v) is 7.65. The lowest BCUT2D eigenvalue weighted by atomic mass is 9.98. The molecule has 0 radical (unpaired) electrons. The standard InChI is InChI=1S/C17H29NO2/c1-5-7-8-9-13-11-17(20-4)14(10-15(18)6-2)12-16(13)19-3/h11-12,15H,5-10,18H2,1-4H3. The summed E-state index contributed by atoms with van der Waals surface area (Å²) in [6.45, 7) is 4.32. The first-order chi connectivity index (χ1) is 9.65. The van der Waals surface area contributed by atoms with Crippen molar-refractivity contribution in [1.82, 2.24) is 0 Å². The summed E-state index contributed by atoms with van der Waals surface area (Å²) in [5.41, 5.74) is 8.43. The molecule has 0 saturated heterocycles. The third-order valence-electron chi connectivity index (χ3n) is 3.74. The summed E-state index contributed by atoms with van der Waals surface area (Å²) >= 11 is 0. The number of unbranched alkanes of at least 4 members (excludes halogenated alkanes) is 2. The number of ether oxygens (including phenoxy) is 2. The molecule has 3 heteroatoms. The van der Waals surface area contributed by atoms with Crippen LogP contribution in [0.1, 0.15) is 50.7 Å². The summed E-state index contributed by atoms with van der Waals surface area (Å²) in [4.78, 5) is 0. The Bertz CT molecular complexity index is 404. The summed E-state index contributed by atoms with van der Waals surface area (Å²) < 4.78 is 11.1. The molecular weight excluding hydrogens is 250 g/mol. The minimum atomic E-state index is 0.166. The van der Waals surface area contributed by atoms with Crippen LogP contribution in [0.5, 0.6) is 11.5 Å². The number of nitrogens with two attached hydrogens (primary N) is 1. The van der Waals surface area contributed by atoms with E-state index < -0.39 is 0 Å². The molecule has 3 nitrogen and oxygen atoms in total. The van der Waals surface area contributed by atoms with Crippen molar-refractivity contribution in [3.05, 3.63) is 23.3 Å². The number of methoxy groups -OCH3 is 2. The number of hydrogen-bond donors (Lipinski definition) is 1. The summed E-state index contributed by atoms with van der Waals surface area (Å²) in [7, 11) is 3.45. The van der Waals surface area contributed by atoms with Crippen molar-refractivity contribution < 1.29 is 9.47 Å². The highest BCUT2D eigenvalue weighted by Crippen LogP contribution is 2.31. The van der Waals surface area contributed by atoms with Gasteiger partial charge >= 0.3 is 0 Å². The van der Waals surface area contributed by atoms with Crippen molar-refractivity contribution in [3.63, 3.8) is 0 Å². The van der Waals surface area contributed by atoms with Gasteiger partial charge in [0.05, 0.1) is 14.2 Å². The van der Waals surface area contributed by atoms with Crippen LogP contribution in [0.25, 0.3) is 0 Å². The predicted molar refractivity (Wildman–Crippen MR) is 84.7 cm³/mol. The van der Waals surface area contributed by atoms with Gasteiger partial charge in [0.25, 0.3) is 0 Å². The van der Waals surface area contributed by atoms with Gasteiger partial charge in [-0.05, 0) is 48.9 Å². The van der Waals surface area contributed by atoms with E-state index in [1.165, 1.54) is 24.8 Å². The lowest BCUT2D eigenvalue weighted by Gasteiger charge is -2.17. The van der Waals surface area contributed by atoms with Crippen LogP contribution in [-0.2, 0) is 12.8 Å². The topological polar surface area (TPSA) is 44.5 Å². The van der Waals surface area contributed by atoms with E-state index in [1.807, 2.05) is 0 Å². The van der Waals surface area contributed by atoms with Gasteiger partial charge in [-0.3, -0.25) is 0 Å². The molecule has 0 aliphatic rings. The molecule has 0 spiro atoms. The predicted octanol–water partition coefficient (Wildman–Crippen LogP) is 3.72. The zero-order valence-electron chi connectivity index (χ0n) is 13.4. The molecule has 0 heterocycles. The van der Waals surface area contributed by atoms with Gasteiger partial charge in [0.1, 0.15) is 11.5 Å². The van der Waals surface area contributed by atoms with Crippen molar-refractivity contribution >= 4 is 0 Å². The van der Waals surface area contributed by atoms with Gasteiger partial charge in [-0.2, -0.15) is 0 Å². The number of aryl methyl sites for hydroxylation is 1. The Kier molecular flexibility index (Phi) is 7.45. The van der Waals surface area contributed by atoms with E-state index in [9.17, 15) is 0 Å². The third-order valence-corrected chi connectivity index (χ3v) is 3.74. The second kappa shape index (κ2) is 8.85. The van der Waals surface area contributed by atoms with E-state index >= 15 is 0 Å². The normalized spacial score (nSPS) is 12.2. The van der Waals surface area contributed by atoms with Crippen LogP contribution in [0.15, 0.2) is 12.1 Å². The van der Waals surface area contributed by atoms with Gasteiger partial charge in [-0.15, -0.1) is 0 Å². The first kappa shape index (κ1) is 16.8. The highest BCUT2D eigenvalue weighted by molar-refractivity contribution is 5.47. The maximum absolute atomic E-state index is 6.06. The molecule has 0 aromatic heterocycles. The van der Waals surface area contributed by atoms with Crippen LogP contribution in [0.3, 0.4) is 0 Å². The van der Waals surface area contributed by atoms with Gasteiger partial charge in [0.15, 0.2) is 0 Å². The van der Waals surface area contributed by atoms with Crippen LogP contribution in [0.4, 0.5) is 0 Å². The molecule has 1 aromatic carbocycles. The maximum Gasteiger partial charge on any atom is 0.122 e. The Morgan fingerprint density at radius 3 is 2.15 bits per heavy atom. The van der Waals surface area contributed by atoms with Gasteiger partial charge in [0, 0.05) is 6.04 Å². The number of rotatable bonds is 9. The molecule has 1 atom stereocenters. The van der Waals surface area contributed by atoms with Crippen LogP contribution >= 0.6 is 0 Å². The van der Waals surface area contributed by atoms with Crippen molar-refractivity contribution in [1.29, 1.82) is 0 Å². The second-order valence-corrected chi connectivity index (χ2v) is 5.31. The van der Waals surface area contributed by atoms with E-state index in [2.05, 4.69) is 26.0 Å². The van der Waals surface area contributed by atoms with Gasteiger partial charge < -0.3 is 15.2 Å². The fraction of sp³-hybridized carbons (Fsp3) is 0.647. The summed E-state index contributed by atoms with van der Waals surface area (Å²) in [6, 6.07) is 4.38. The molecule has 0 saturated carbocycles. The highest BCUT2D eigenvalue weighted by Gasteiger charge is 2.13. The molecule has 2 N–H and O–H groups in total. The van der Waals surface area contributed by atoms with Gasteiger partial charge in [-0.1, -0.05) is 26.7 Å². The Balaban J connectivity index is 2.97. The number of hydrogen-bond acceptors (Lipinski definition) is 3. The van der Waals surface area contributed by atoms with E-state index in [-0.39, 0.29) is 6.04 Å². The van der Waals surface area contributed by atoms with E-state index in [0.717, 1.165) is 36.3 Å². The molecule has 0 amide bonds. The van der Waals surface area contributed by atoms with Crippen LogP contribution in [0, 0.1) is 0 Å². The zero-order valence-corrected chi connectivity index (χ0v) is 13.4. The zero-order chi connectivity index (χ0) is 15.0. The lowest BCUT2D eigenvalue weighted by molar-refractivity contribution is 0.392. The fourth-order valence-corrected chi connectivity index (χ4v) is 2.37. The average molecular weight is 279 g/mol. The summed E-state index contributed by atoms with van der Waals surface area (Å²) in [5.74, 6) is 1.89. The Morgan fingerprint density at radius 1 is 1.00 bits per heavy atom. The number of benzene rings is 1. The molecule has 1 rings (SSSR count). The minimum Gasteiger partial charge on any atom is -0.496 e. The Hall–Kier alpha value is -1.22. The quantitative estimate of drug-likeness (QED) is 0.701. The molecule has 1 unspecified atom stereocenters.